The Morgan fingerprint density at radius 1 is 0.980 bits per heavy atom. The lowest BCUT2D eigenvalue weighted by Crippen LogP contribution is -2.58. The number of likely N-dealkylation sites (tertiary alicyclic amines) is 1. The van der Waals surface area contributed by atoms with Gasteiger partial charge in [0.2, 0.25) is 11.8 Å². The number of hydrogen-bond donors (Lipinski definition) is 2. The lowest BCUT2D eigenvalue weighted by atomic mass is 9.74. The number of anilines is 1. The fourth-order valence-corrected chi connectivity index (χ4v) is 8.48. The highest BCUT2D eigenvalue weighted by molar-refractivity contribution is 9.11. The number of cyclic esters (lactones) is 1. The summed E-state index contributed by atoms with van der Waals surface area (Å²) in [6.07, 6.45) is 4.79. The number of hydrogen-bond acceptors (Lipinski definition) is 7. The van der Waals surface area contributed by atoms with Crippen LogP contribution in [0.15, 0.2) is 95.5 Å². The number of nitrogens with one attached hydrogen (secondary N) is 1. The minimum absolute atomic E-state index is 0.0444. The Hall–Kier alpha value is -4.32. The van der Waals surface area contributed by atoms with Crippen molar-refractivity contribution in [2.24, 2.45) is 11.8 Å². The predicted molar refractivity (Wildman–Crippen MR) is 186 cm³/mol. The van der Waals surface area contributed by atoms with Gasteiger partial charge in [0.15, 0.2) is 0 Å². The first-order chi connectivity index (χ1) is 23.8. The molecular formula is C38H38BrN3O7. The van der Waals surface area contributed by atoms with Gasteiger partial charge < -0.3 is 29.7 Å². The zero-order chi connectivity index (χ0) is 34.3. The lowest BCUT2D eigenvalue weighted by Gasteiger charge is -2.38. The maximum atomic E-state index is 15.1. The molecule has 0 aliphatic carbocycles. The summed E-state index contributed by atoms with van der Waals surface area (Å²) < 4.78 is 13.3. The van der Waals surface area contributed by atoms with Gasteiger partial charge in [-0.15, -0.1) is 0 Å². The fourth-order valence-electron chi connectivity index (χ4n) is 7.75. The van der Waals surface area contributed by atoms with Crippen molar-refractivity contribution in [2.75, 3.05) is 24.6 Å². The van der Waals surface area contributed by atoms with E-state index in [4.69, 9.17) is 9.47 Å². The van der Waals surface area contributed by atoms with Gasteiger partial charge in [0, 0.05) is 23.1 Å². The molecule has 1 spiro atoms. The van der Waals surface area contributed by atoms with Crippen LogP contribution in [0.1, 0.15) is 37.9 Å². The number of fused-ring (bicyclic) bond motifs is 3. The highest BCUT2D eigenvalue weighted by Crippen LogP contribution is 2.59. The summed E-state index contributed by atoms with van der Waals surface area (Å²) in [7, 11) is 0. The van der Waals surface area contributed by atoms with E-state index in [2.05, 4.69) is 21.2 Å². The van der Waals surface area contributed by atoms with Crippen molar-refractivity contribution in [1.29, 1.82) is 0 Å². The Kier molecular flexibility index (Phi) is 9.17. The number of amides is 3. The number of halogens is 1. The smallest absolute Gasteiger partial charge is 0.313 e. The van der Waals surface area contributed by atoms with Crippen molar-refractivity contribution in [3.8, 4) is 0 Å². The quantitative estimate of drug-likeness (QED) is 0.292. The summed E-state index contributed by atoms with van der Waals surface area (Å²) >= 11 is 3.60. The first-order valence-electron chi connectivity index (χ1n) is 16.7. The highest BCUT2D eigenvalue weighted by Gasteiger charge is 2.75. The maximum Gasteiger partial charge on any atom is 0.313 e. The van der Waals surface area contributed by atoms with E-state index in [1.807, 2.05) is 91.9 Å². The standard InChI is InChI=1S/C38H38BrN3O7/c1-2-26(22-43)42-34-36(46)41(27-17-16-23-11-8-9-14-25(23)19-27)18-10-4-7-15-30(44)40-21-29(24-12-5-3-6-13-24)48-37(47)31-32(35(42)45)38(34)20-28(39)33(31)49-38/h3-6,8-14,16-17,19-20,26,29,31-34,43H,2,7,15,18,21-22H2,1H3,(H,40,44)/b10-4-/t26-,29-,31-,32+,33-,34-,38+/m0/s1. The molecule has 4 heterocycles. The largest absolute Gasteiger partial charge is 0.455 e. The average Bonchev–Trinajstić information content (AvgIpc) is 3.71. The van der Waals surface area contributed by atoms with Gasteiger partial charge in [-0.05, 0) is 47.4 Å². The summed E-state index contributed by atoms with van der Waals surface area (Å²) in [5, 5.41) is 15.4. The number of aliphatic hydroxyl groups is 1. The third kappa shape index (κ3) is 5.77. The van der Waals surface area contributed by atoms with Crippen LogP contribution >= 0.6 is 15.9 Å². The maximum absolute atomic E-state index is 15.1. The molecule has 0 aromatic heterocycles. The van der Waals surface area contributed by atoms with Gasteiger partial charge in [-0.1, -0.05) is 95.7 Å². The Morgan fingerprint density at radius 2 is 1.73 bits per heavy atom. The molecule has 2 fully saturated rings. The molecule has 0 saturated carbocycles. The zero-order valence-electron chi connectivity index (χ0n) is 27.0. The van der Waals surface area contributed by atoms with Crippen LogP contribution in [0.4, 0.5) is 5.69 Å². The lowest BCUT2D eigenvalue weighted by molar-refractivity contribution is -0.160. The number of carbonyl (C=O) groups excluding carboxylic acids is 4. The van der Waals surface area contributed by atoms with Crippen molar-refractivity contribution in [3.63, 3.8) is 0 Å². The molecule has 4 aliphatic heterocycles. The van der Waals surface area contributed by atoms with Crippen LogP contribution in [0, 0.1) is 11.8 Å². The van der Waals surface area contributed by atoms with E-state index in [9.17, 15) is 19.5 Å². The Labute approximate surface area is 292 Å². The van der Waals surface area contributed by atoms with Gasteiger partial charge in [0.05, 0.1) is 25.1 Å². The van der Waals surface area contributed by atoms with Crippen molar-refractivity contribution in [3.05, 3.63) is 101 Å². The van der Waals surface area contributed by atoms with Crippen LogP contribution in [0.25, 0.3) is 10.8 Å². The molecule has 4 aliphatic rings. The monoisotopic (exact) mass is 727 g/mol. The Balaban J connectivity index is 1.36. The van der Waals surface area contributed by atoms with Gasteiger partial charge in [0.1, 0.15) is 29.8 Å². The van der Waals surface area contributed by atoms with Crippen LogP contribution in [0.2, 0.25) is 0 Å². The molecule has 7 rings (SSSR count). The Morgan fingerprint density at radius 3 is 2.49 bits per heavy atom. The molecule has 0 radical (unpaired) electrons. The van der Waals surface area contributed by atoms with Crippen LogP contribution in [-0.2, 0) is 28.7 Å². The molecule has 10 nitrogen and oxygen atoms in total. The van der Waals surface area contributed by atoms with E-state index in [0.29, 0.717) is 28.6 Å². The second kappa shape index (κ2) is 13.5. The molecule has 5 bridgehead atoms. The summed E-state index contributed by atoms with van der Waals surface area (Å²) in [6.45, 7) is 1.68. The summed E-state index contributed by atoms with van der Waals surface area (Å²) in [5.74, 6) is -3.87. The van der Waals surface area contributed by atoms with Gasteiger partial charge in [-0.25, -0.2) is 0 Å². The second-order valence-electron chi connectivity index (χ2n) is 12.9. The summed E-state index contributed by atoms with van der Waals surface area (Å²) in [6, 6.07) is 20.8. The minimum atomic E-state index is -1.49. The van der Waals surface area contributed by atoms with E-state index in [-0.39, 0.29) is 32.0 Å². The van der Waals surface area contributed by atoms with Gasteiger partial charge in [-0.2, -0.15) is 0 Å². The molecule has 3 amide bonds. The van der Waals surface area contributed by atoms with E-state index >= 15 is 4.79 Å². The number of ether oxygens (including phenoxy) is 2. The predicted octanol–water partition coefficient (Wildman–Crippen LogP) is 4.57. The third-order valence-electron chi connectivity index (χ3n) is 10.2. The second-order valence-corrected chi connectivity index (χ2v) is 13.9. The highest BCUT2D eigenvalue weighted by atomic mass is 79.9. The van der Waals surface area contributed by atoms with Crippen LogP contribution in [-0.4, -0.2) is 77.2 Å². The topological polar surface area (TPSA) is 125 Å². The Bertz CT molecular complexity index is 1840. The van der Waals surface area contributed by atoms with Gasteiger partial charge >= 0.3 is 5.97 Å². The molecule has 11 heteroatoms. The molecule has 2 N–H and O–H groups in total. The molecule has 7 atom stereocenters. The number of carbonyl (C=O) groups is 4. The molecule has 254 valence electrons. The fraction of sp³-hybridized carbons (Fsp3) is 0.368. The van der Waals surface area contributed by atoms with Crippen LogP contribution < -0.4 is 10.2 Å². The normalized spacial score (nSPS) is 30.2. The van der Waals surface area contributed by atoms with E-state index in [0.717, 1.165) is 10.8 Å². The molecular weight excluding hydrogens is 690 g/mol. The van der Waals surface area contributed by atoms with Gasteiger partial charge in [-0.3, -0.25) is 19.2 Å². The number of esters is 1. The third-order valence-corrected chi connectivity index (χ3v) is 10.8. The summed E-state index contributed by atoms with van der Waals surface area (Å²) in [4.78, 5) is 60.0. The molecule has 3 aromatic rings. The zero-order valence-corrected chi connectivity index (χ0v) is 28.6. The molecule has 49 heavy (non-hydrogen) atoms. The van der Waals surface area contributed by atoms with Crippen LogP contribution in [0.3, 0.4) is 0 Å². The number of benzene rings is 3. The number of allylic oxidation sites excluding steroid dienone is 1. The number of nitrogens with zero attached hydrogens (tertiary/aromatic N) is 2. The van der Waals surface area contributed by atoms with E-state index in [1.54, 1.807) is 11.0 Å². The molecule has 3 aromatic carbocycles. The number of aliphatic hydroxyl groups excluding tert-OH is 1. The molecule has 0 unspecified atom stereocenters. The van der Waals surface area contributed by atoms with Crippen molar-refractivity contribution >= 4 is 56.1 Å². The first kappa shape index (κ1) is 33.2. The molecule has 2 saturated heterocycles. The van der Waals surface area contributed by atoms with E-state index < -0.39 is 59.5 Å². The summed E-state index contributed by atoms with van der Waals surface area (Å²) in [5.41, 5.74) is -0.189. The number of rotatable bonds is 5. The van der Waals surface area contributed by atoms with Crippen LogP contribution in [0.5, 0.6) is 0 Å². The van der Waals surface area contributed by atoms with E-state index in [1.165, 1.54) is 4.90 Å². The minimum Gasteiger partial charge on any atom is -0.455 e. The first-order valence-corrected chi connectivity index (χ1v) is 17.5. The van der Waals surface area contributed by atoms with Gasteiger partial charge in [0.25, 0.3) is 5.91 Å². The van der Waals surface area contributed by atoms with Crippen molar-refractivity contribution < 1.29 is 33.8 Å². The average molecular weight is 729 g/mol. The van der Waals surface area contributed by atoms with Crippen molar-refractivity contribution in [2.45, 2.75) is 56.1 Å². The SMILES string of the molecule is CC[C@@H](CO)N1C(=O)[C@H]2[C@@H]3C(=O)O[C@H](c4ccccc4)CNC(=O)CC/C=C\CN(c4ccc5ccccc5c4)C(=O)[C@H]1[C@@]21C=C(Br)[C@@H]3O1. The van der Waals surface area contributed by atoms with Crippen molar-refractivity contribution in [1.82, 2.24) is 10.2 Å².